The van der Waals surface area contributed by atoms with E-state index in [1.165, 1.54) is 12.8 Å². The number of rotatable bonds is 5. The molecule has 3 rings (SSSR count). The SMILES string of the molecule is CCOc1ccccc1C(C(=O)O)N1CCN2CCC[C@@H]2C1.Cl. The van der Waals surface area contributed by atoms with Gasteiger partial charge >= 0.3 is 5.97 Å². The number of hydrogen-bond acceptors (Lipinski definition) is 4. The molecule has 2 aliphatic rings. The molecule has 0 saturated carbocycles. The van der Waals surface area contributed by atoms with Crippen molar-refractivity contribution in [2.45, 2.75) is 31.8 Å². The van der Waals surface area contributed by atoms with E-state index in [4.69, 9.17) is 4.74 Å². The van der Waals surface area contributed by atoms with E-state index in [0.717, 1.165) is 31.7 Å². The largest absolute Gasteiger partial charge is 0.494 e. The number of benzene rings is 1. The van der Waals surface area contributed by atoms with Crippen molar-refractivity contribution in [2.24, 2.45) is 0 Å². The summed E-state index contributed by atoms with van der Waals surface area (Å²) < 4.78 is 5.65. The van der Waals surface area contributed by atoms with Gasteiger partial charge in [0.1, 0.15) is 11.8 Å². The predicted molar refractivity (Wildman–Crippen MR) is 91.4 cm³/mol. The minimum atomic E-state index is -0.793. The molecular weight excluding hydrogens is 316 g/mol. The molecule has 6 heteroatoms. The molecule has 0 radical (unpaired) electrons. The summed E-state index contributed by atoms with van der Waals surface area (Å²) >= 11 is 0. The van der Waals surface area contributed by atoms with E-state index < -0.39 is 12.0 Å². The Morgan fingerprint density at radius 1 is 1.35 bits per heavy atom. The van der Waals surface area contributed by atoms with Gasteiger partial charge in [-0.25, -0.2) is 0 Å². The van der Waals surface area contributed by atoms with Gasteiger partial charge in [0.25, 0.3) is 0 Å². The Labute approximate surface area is 143 Å². The second-order valence-corrected chi connectivity index (χ2v) is 6.04. The van der Waals surface area contributed by atoms with Crippen LogP contribution in [0.3, 0.4) is 0 Å². The topological polar surface area (TPSA) is 53.0 Å². The van der Waals surface area contributed by atoms with E-state index >= 15 is 0 Å². The van der Waals surface area contributed by atoms with Gasteiger partial charge < -0.3 is 9.84 Å². The number of nitrogens with zero attached hydrogens (tertiary/aromatic N) is 2. The Hall–Kier alpha value is -1.30. The first kappa shape index (κ1) is 18.0. The monoisotopic (exact) mass is 340 g/mol. The molecule has 1 unspecified atom stereocenters. The fraction of sp³-hybridized carbons (Fsp3) is 0.588. The number of piperazine rings is 1. The van der Waals surface area contributed by atoms with Crippen LogP contribution in [0, 0.1) is 0 Å². The molecular formula is C17H25ClN2O3. The van der Waals surface area contributed by atoms with Crippen molar-refractivity contribution in [1.82, 2.24) is 9.80 Å². The number of carbonyl (C=O) groups is 1. The van der Waals surface area contributed by atoms with Crippen LogP contribution in [0.15, 0.2) is 24.3 Å². The fourth-order valence-corrected chi connectivity index (χ4v) is 3.73. The van der Waals surface area contributed by atoms with E-state index in [0.29, 0.717) is 18.4 Å². The van der Waals surface area contributed by atoms with E-state index in [1.54, 1.807) is 0 Å². The van der Waals surface area contributed by atoms with Crippen molar-refractivity contribution >= 4 is 18.4 Å². The standard InChI is InChI=1S/C17H24N2O3.ClH/c1-2-22-15-8-4-3-7-14(15)16(17(20)21)19-11-10-18-9-5-6-13(18)12-19;/h3-4,7-8,13,16H,2,5-6,9-12H2,1H3,(H,20,21);1H/t13-,16?;/m1./s1. The van der Waals surface area contributed by atoms with Crippen LogP contribution in [-0.4, -0.2) is 59.7 Å². The lowest BCUT2D eigenvalue weighted by Gasteiger charge is -2.40. The Balaban J connectivity index is 0.00000192. The average molecular weight is 341 g/mol. The van der Waals surface area contributed by atoms with E-state index in [2.05, 4.69) is 9.80 Å². The minimum Gasteiger partial charge on any atom is -0.494 e. The molecule has 0 aromatic heterocycles. The number of aliphatic carboxylic acids is 1. The van der Waals surface area contributed by atoms with E-state index in [-0.39, 0.29) is 12.4 Å². The highest BCUT2D eigenvalue weighted by atomic mass is 35.5. The number of fused-ring (bicyclic) bond motifs is 1. The van der Waals surface area contributed by atoms with Gasteiger partial charge in [-0.1, -0.05) is 18.2 Å². The van der Waals surface area contributed by atoms with Gasteiger partial charge in [0, 0.05) is 31.2 Å². The van der Waals surface area contributed by atoms with Gasteiger partial charge in [0.05, 0.1) is 6.61 Å². The number of para-hydroxylation sites is 1. The fourth-order valence-electron chi connectivity index (χ4n) is 3.73. The van der Waals surface area contributed by atoms with Gasteiger partial charge in [-0.15, -0.1) is 12.4 Å². The zero-order valence-corrected chi connectivity index (χ0v) is 14.3. The second-order valence-electron chi connectivity index (χ2n) is 6.04. The van der Waals surface area contributed by atoms with Crippen molar-refractivity contribution < 1.29 is 14.6 Å². The normalized spacial score (nSPS) is 22.9. The maximum absolute atomic E-state index is 11.9. The van der Waals surface area contributed by atoms with Gasteiger partial charge in [0.2, 0.25) is 0 Å². The maximum Gasteiger partial charge on any atom is 0.325 e. The summed E-state index contributed by atoms with van der Waals surface area (Å²) in [6, 6.07) is 7.41. The van der Waals surface area contributed by atoms with Crippen LogP contribution in [-0.2, 0) is 4.79 Å². The Morgan fingerprint density at radius 2 is 2.13 bits per heavy atom. The number of hydrogen-bond donors (Lipinski definition) is 1. The average Bonchev–Trinajstić information content (AvgIpc) is 2.97. The summed E-state index contributed by atoms with van der Waals surface area (Å²) in [5.41, 5.74) is 0.767. The third-order valence-electron chi connectivity index (χ3n) is 4.73. The number of carboxylic acids is 1. The molecule has 0 bridgehead atoms. The van der Waals surface area contributed by atoms with Crippen molar-refractivity contribution in [3.8, 4) is 5.75 Å². The molecule has 5 nitrogen and oxygen atoms in total. The molecule has 23 heavy (non-hydrogen) atoms. The number of ether oxygens (including phenoxy) is 1. The Kier molecular flexibility index (Phi) is 6.27. The molecule has 2 saturated heterocycles. The second kappa shape index (κ2) is 7.99. The summed E-state index contributed by atoms with van der Waals surface area (Å²) in [6.45, 7) is 6.21. The molecule has 2 fully saturated rings. The Morgan fingerprint density at radius 3 is 2.87 bits per heavy atom. The molecule has 0 amide bonds. The van der Waals surface area contributed by atoms with Crippen molar-refractivity contribution in [3.05, 3.63) is 29.8 Å². The lowest BCUT2D eigenvalue weighted by atomic mass is 10.0. The van der Waals surface area contributed by atoms with Crippen molar-refractivity contribution in [1.29, 1.82) is 0 Å². The zero-order chi connectivity index (χ0) is 15.5. The molecule has 2 heterocycles. The van der Waals surface area contributed by atoms with Crippen LogP contribution in [0.2, 0.25) is 0 Å². The van der Waals surface area contributed by atoms with E-state index in [1.807, 2.05) is 31.2 Å². The first-order valence-corrected chi connectivity index (χ1v) is 8.13. The molecule has 2 atom stereocenters. The van der Waals surface area contributed by atoms with Crippen LogP contribution in [0.1, 0.15) is 31.4 Å². The molecule has 0 spiro atoms. The van der Waals surface area contributed by atoms with Gasteiger partial charge in [-0.2, -0.15) is 0 Å². The molecule has 1 aromatic carbocycles. The number of carboxylic acid groups (broad SMARTS) is 1. The highest BCUT2D eigenvalue weighted by molar-refractivity contribution is 5.85. The molecule has 128 valence electrons. The van der Waals surface area contributed by atoms with Crippen LogP contribution >= 0.6 is 12.4 Å². The van der Waals surface area contributed by atoms with Gasteiger partial charge in [0.15, 0.2) is 0 Å². The lowest BCUT2D eigenvalue weighted by molar-refractivity contribution is -0.144. The quantitative estimate of drug-likeness (QED) is 0.892. The first-order chi connectivity index (χ1) is 10.7. The third kappa shape index (κ3) is 3.79. The summed E-state index contributed by atoms with van der Waals surface area (Å²) in [4.78, 5) is 16.5. The predicted octanol–water partition coefficient (Wildman–Crippen LogP) is 2.41. The molecule has 0 aliphatic carbocycles. The summed E-state index contributed by atoms with van der Waals surface area (Å²) in [5.74, 6) is -0.107. The van der Waals surface area contributed by atoms with Crippen LogP contribution in [0.5, 0.6) is 5.75 Å². The highest BCUT2D eigenvalue weighted by Crippen LogP contribution is 2.33. The van der Waals surface area contributed by atoms with Gasteiger partial charge in [-0.05, 0) is 32.4 Å². The van der Waals surface area contributed by atoms with Crippen LogP contribution in [0.4, 0.5) is 0 Å². The third-order valence-corrected chi connectivity index (χ3v) is 4.73. The molecule has 2 aliphatic heterocycles. The van der Waals surface area contributed by atoms with E-state index in [9.17, 15) is 9.90 Å². The number of halogens is 1. The smallest absolute Gasteiger partial charge is 0.325 e. The highest BCUT2D eigenvalue weighted by Gasteiger charge is 2.37. The molecule has 1 aromatic rings. The summed E-state index contributed by atoms with van der Waals surface area (Å²) in [6.07, 6.45) is 2.40. The van der Waals surface area contributed by atoms with Crippen molar-refractivity contribution in [3.63, 3.8) is 0 Å². The van der Waals surface area contributed by atoms with Gasteiger partial charge in [-0.3, -0.25) is 14.6 Å². The van der Waals surface area contributed by atoms with Crippen LogP contribution in [0.25, 0.3) is 0 Å². The lowest BCUT2D eigenvalue weighted by Crippen LogP contribution is -2.52. The maximum atomic E-state index is 11.9. The Bertz CT molecular complexity index is 540. The minimum absolute atomic E-state index is 0. The molecule has 1 N–H and O–H groups in total. The van der Waals surface area contributed by atoms with Crippen LogP contribution < -0.4 is 4.74 Å². The first-order valence-electron chi connectivity index (χ1n) is 8.13. The summed E-state index contributed by atoms with van der Waals surface area (Å²) in [5, 5.41) is 9.80. The van der Waals surface area contributed by atoms with Crippen molar-refractivity contribution in [2.75, 3.05) is 32.8 Å². The zero-order valence-electron chi connectivity index (χ0n) is 13.5. The summed E-state index contributed by atoms with van der Waals surface area (Å²) in [7, 11) is 0.